The average Bonchev–Trinajstić information content (AvgIpc) is 2.85. The van der Waals surface area contributed by atoms with Crippen molar-refractivity contribution in [1.29, 1.82) is 0 Å². The van der Waals surface area contributed by atoms with Crippen LogP contribution in [0.4, 0.5) is 0 Å². The van der Waals surface area contributed by atoms with Crippen molar-refractivity contribution in [3.8, 4) is 5.75 Å². The van der Waals surface area contributed by atoms with Gasteiger partial charge in [-0.3, -0.25) is 0 Å². The van der Waals surface area contributed by atoms with Crippen molar-refractivity contribution in [1.82, 2.24) is 14.8 Å². The van der Waals surface area contributed by atoms with Gasteiger partial charge in [-0.2, -0.15) is 5.10 Å². The second kappa shape index (κ2) is 5.64. The van der Waals surface area contributed by atoms with Crippen LogP contribution in [0.15, 0.2) is 30.6 Å². The Bertz CT molecular complexity index is 491. The van der Waals surface area contributed by atoms with E-state index < -0.39 is 0 Å². The normalized spacial score (nSPS) is 10.9. The molecule has 1 heterocycles. The summed E-state index contributed by atoms with van der Waals surface area (Å²) >= 11 is 0. The fourth-order valence-corrected chi connectivity index (χ4v) is 1.65. The summed E-state index contributed by atoms with van der Waals surface area (Å²) in [6.07, 6.45) is 1.54. The first kappa shape index (κ1) is 12.6. The summed E-state index contributed by atoms with van der Waals surface area (Å²) in [4.78, 5) is 4.17. The Morgan fingerprint density at radius 1 is 1.28 bits per heavy atom. The number of aliphatic hydroxyl groups is 1. The Morgan fingerprint density at radius 3 is 2.61 bits per heavy atom. The van der Waals surface area contributed by atoms with Crippen LogP contribution < -0.4 is 4.74 Å². The lowest BCUT2D eigenvalue weighted by Crippen LogP contribution is -2.10. The maximum atomic E-state index is 8.94. The highest BCUT2D eigenvalue weighted by atomic mass is 16.5. The van der Waals surface area contributed by atoms with Gasteiger partial charge in [-0.05, 0) is 31.5 Å². The van der Waals surface area contributed by atoms with Gasteiger partial charge >= 0.3 is 0 Å². The lowest BCUT2D eigenvalue weighted by atomic mass is 10.2. The van der Waals surface area contributed by atoms with Crippen LogP contribution >= 0.6 is 0 Å². The van der Waals surface area contributed by atoms with Crippen LogP contribution in [0, 0.1) is 0 Å². The Morgan fingerprint density at radius 2 is 2.00 bits per heavy atom. The topological polar surface area (TPSA) is 60.2 Å². The molecule has 0 aliphatic heterocycles. The molecule has 0 saturated heterocycles. The molecule has 0 aliphatic rings. The molecule has 2 rings (SSSR count). The van der Waals surface area contributed by atoms with Gasteiger partial charge < -0.3 is 9.84 Å². The molecular formula is C13H17N3O2. The van der Waals surface area contributed by atoms with Gasteiger partial charge in [0.2, 0.25) is 0 Å². The number of hydrogen-bond acceptors (Lipinski definition) is 4. The molecule has 0 atom stereocenters. The zero-order chi connectivity index (χ0) is 13.0. The van der Waals surface area contributed by atoms with Crippen LogP contribution in [-0.4, -0.2) is 19.9 Å². The van der Waals surface area contributed by atoms with Crippen molar-refractivity contribution < 1.29 is 9.84 Å². The summed E-state index contributed by atoms with van der Waals surface area (Å²) in [5.41, 5.74) is 0.868. The molecule has 0 bridgehead atoms. The van der Waals surface area contributed by atoms with E-state index in [1.54, 1.807) is 0 Å². The molecular weight excluding hydrogens is 230 g/mol. The number of hydrogen-bond donors (Lipinski definition) is 1. The zero-order valence-corrected chi connectivity index (χ0v) is 10.6. The van der Waals surface area contributed by atoms with Crippen LogP contribution in [0.3, 0.4) is 0 Å². The van der Waals surface area contributed by atoms with Gasteiger partial charge in [0.15, 0.2) is 5.82 Å². The largest absolute Gasteiger partial charge is 0.486 e. The first-order chi connectivity index (χ1) is 8.70. The fraction of sp³-hybridized carbons (Fsp3) is 0.385. The fourth-order valence-electron chi connectivity index (χ4n) is 1.65. The number of nitrogens with zero attached hydrogens (tertiary/aromatic N) is 3. The van der Waals surface area contributed by atoms with Gasteiger partial charge in [-0.15, -0.1) is 0 Å². The summed E-state index contributed by atoms with van der Waals surface area (Å²) in [6.45, 7) is 4.53. The van der Waals surface area contributed by atoms with E-state index in [4.69, 9.17) is 9.84 Å². The number of benzene rings is 1. The third-order valence-corrected chi connectivity index (χ3v) is 2.61. The smallest absolute Gasteiger partial charge is 0.165 e. The SMILES string of the molecule is CC(C)n1ncnc1COc1ccc(CO)cc1. The lowest BCUT2D eigenvalue weighted by molar-refractivity contribution is 0.277. The molecule has 5 nitrogen and oxygen atoms in total. The molecule has 1 N–H and O–H groups in total. The maximum absolute atomic E-state index is 8.94. The van der Waals surface area contributed by atoms with Crippen molar-refractivity contribution in [3.05, 3.63) is 42.0 Å². The highest BCUT2D eigenvalue weighted by Crippen LogP contribution is 2.14. The molecule has 0 spiro atoms. The summed E-state index contributed by atoms with van der Waals surface area (Å²) in [5.74, 6) is 1.56. The molecule has 96 valence electrons. The number of aromatic nitrogens is 3. The van der Waals surface area contributed by atoms with E-state index in [0.29, 0.717) is 6.61 Å². The molecule has 0 amide bonds. The molecule has 0 saturated carbocycles. The van der Waals surface area contributed by atoms with Gasteiger partial charge in [0.05, 0.1) is 6.61 Å². The molecule has 0 fully saturated rings. The summed E-state index contributed by atoms with van der Waals surface area (Å²) in [5, 5.41) is 13.1. The van der Waals surface area contributed by atoms with E-state index in [1.165, 1.54) is 6.33 Å². The minimum absolute atomic E-state index is 0.0436. The van der Waals surface area contributed by atoms with Gasteiger partial charge in [-0.25, -0.2) is 9.67 Å². The van der Waals surface area contributed by atoms with Crippen molar-refractivity contribution in [2.24, 2.45) is 0 Å². The van der Waals surface area contributed by atoms with Crippen molar-refractivity contribution >= 4 is 0 Å². The third-order valence-electron chi connectivity index (χ3n) is 2.61. The molecule has 18 heavy (non-hydrogen) atoms. The average molecular weight is 247 g/mol. The first-order valence-electron chi connectivity index (χ1n) is 5.91. The number of aliphatic hydroxyl groups excluding tert-OH is 1. The first-order valence-corrected chi connectivity index (χ1v) is 5.91. The van der Waals surface area contributed by atoms with Crippen molar-refractivity contribution in [2.45, 2.75) is 33.1 Å². The predicted octanol–water partition coefficient (Wildman–Crippen LogP) is 1.93. The third kappa shape index (κ3) is 2.87. The van der Waals surface area contributed by atoms with Crippen LogP contribution in [0.25, 0.3) is 0 Å². The Kier molecular flexibility index (Phi) is 3.94. The second-order valence-corrected chi connectivity index (χ2v) is 4.31. The zero-order valence-electron chi connectivity index (χ0n) is 10.6. The van der Waals surface area contributed by atoms with Gasteiger partial charge in [-0.1, -0.05) is 12.1 Å². The minimum Gasteiger partial charge on any atom is -0.486 e. The van der Waals surface area contributed by atoms with Crippen LogP contribution in [0.5, 0.6) is 5.75 Å². The van der Waals surface area contributed by atoms with E-state index in [9.17, 15) is 0 Å². The summed E-state index contributed by atoms with van der Waals surface area (Å²) < 4.78 is 7.47. The van der Waals surface area contributed by atoms with Crippen LogP contribution in [0.1, 0.15) is 31.3 Å². The Balaban J connectivity index is 2.00. The van der Waals surface area contributed by atoms with E-state index in [0.717, 1.165) is 17.1 Å². The second-order valence-electron chi connectivity index (χ2n) is 4.31. The highest BCUT2D eigenvalue weighted by molar-refractivity contribution is 5.26. The van der Waals surface area contributed by atoms with Crippen LogP contribution in [-0.2, 0) is 13.2 Å². The summed E-state index contributed by atoms with van der Waals surface area (Å²) in [6, 6.07) is 7.61. The molecule has 5 heteroatoms. The molecule has 0 aliphatic carbocycles. The maximum Gasteiger partial charge on any atom is 0.165 e. The van der Waals surface area contributed by atoms with Gasteiger partial charge in [0.1, 0.15) is 18.7 Å². The van der Waals surface area contributed by atoms with Crippen molar-refractivity contribution in [3.63, 3.8) is 0 Å². The molecule has 1 aromatic heterocycles. The summed E-state index contributed by atoms with van der Waals surface area (Å²) in [7, 11) is 0. The lowest BCUT2D eigenvalue weighted by Gasteiger charge is -2.10. The molecule has 0 unspecified atom stereocenters. The van der Waals surface area contributed by atoms with Gasteiger partial charge in [0, 0.05) is 6.04 Å². The minimum atomic E-state index is 0.0436. The Hall–Kier alpha value is -1.88. The van der Waals surface area contributed by atoms with E-state index >= 15 is 0 Å². The number of ether oxygens (including phenoxy) is 1. The number of rotatable bonds is 5. The van der Waals surface area contributed by atoms with Crippen LogP contribution in [0.2, 0.25) is 0 Å². The predicted molar refractivity (Wildman–Crippen MR) is 67.1 cm³/mol. The van der Waals surface area contributed by atoms with Crippen molar-refractivity contribution in [2.75, 3.05) is 0 Å². The monoisotopic (exact) mass is 247 g/mol. The van der Waals surface area contributed by atoms with E-state index in [-0.39, 0.29) is 12.6 Å². The van der Waals surface area contributed by atoms with Gasteiger partial charge in [0.25, 0.3) is 0 Å². The standard InChI is InChI=1S/C13H17N3O2/c1-10(2)16-13(14-9-15-16)8-18-12-5-3-11(7-17)4-6-12/h3-6,9-10,17H,7-8H2,1-2H3. The van der Waals surface area contributed by atoms with E-state index in [2.05, 4.69) is 10.1 Å². The molecule has 0 radical (unpaired) electrons. The highest BCUT2D eigenvalue weighted by Gasteiger charge is 2.07. The molecule has 2 aromatic rings. The molecule has 1 aromatic carbocycles. The Labute approximate surface area is 106 Å². The quantitative estimate of drug-likeness (QED) is 0.877. The van der Waals surface area contributed by atoms with E-state index in [1.807, 2.05) is 42.8 Å².